The van der Waals surface area contributed by atoms with Crippen LogP contribution in [0.5, 0.6) is 0 Å². The number of thiazole rings is 1. The minimum absolute atomic E-state index is 0.0179. The highest BCUT2D eigenvalue weighted by Crippen LogP contribution is 2.22. The predicted molar refractivity (Wildman–Crippen MR) is 58.7 cm³/mol. The number of carbonyl (C=O) groups excluding carboxylic acids is 2. The van der Waals surface area contributed by atoms with Gasteiger partial charge in [-0.25, -0.2) is 9.78 Å². The third kappa shape index (κ3) is 2.93. The zero-order chi connectivity index (χ0) is 12.1. The largest absolute Gasteiger partial charge is 0.468 e. The van der Waals surface area contributed by atoms with Crippen LogP contribution in [0.2, 0.25) is 0 Å². The summed E-state index contributed by atoms with van der Waals surface area (Å²) in [6.07, 6.45) is 0. The summed E-state index contributed by atoms with van der Waals surface area (Å²) >= 11 is 1.14. The number of nitrogens with one attached hydrogen (secondary N) is 1. The molecule has 0 aliphatic carbocycles. The lowest BCUT2D eigenvalue weighted by molar-refractivity contribution is -0.138. The maximum absolute atomic E-state index is 11.3. The molecule has 0 atom stereocenters. The third-order valence-corrected chi connectivity index (χ3v) is 2.87. The highest BCUT2D eigenvalue weighted by atomic mass is 32.1. The van der Waals surface area contributed by atoms with E-state index in [4.69, 9.17) is 0 Å². The fourth-order valence-corrected chi connectivity index (χ4v) is 1.85. The Hall–Kier alpha value is -1.63. The zero-order valence-electron chi connectivity index (χ0n) is 9.20. The van der Waals surface area contributed by atoms with E-state index in [0.717, 1.165) is 11.3 Å². The van der Waals surface area contributed by atoms with E-state index in [1.165, 1.54) is 14.2 Å². The van der Waals surface area contributed by atoms with Crippen LogP contribution in [0.3, 0.4) is 0 Å². The molecular weight excluding hydrogens is 232 g/mol. The lowest BCUT2D eigenvalue weighted by Gasteiger charge is -1.99. The first kappa shape index (κ1) is 12.4. The van der Waals surface area contributed by atoms with Crippen LogP contribution in [0.1, 0.15) is 15.4 Å². The molecule has 7 heteroatoms. The highest BCUT2D eigenvalue weighted by Gasteiger charge is 2.15. The number of methoxy groups -OCH3 is 2. The normalized spacial score (nSPS) is 9.69. The van der Waals surface area contributed by atoms with Crippen LogP contribution in [0.15, 0.2) is 0 Å². The lowest BCUT2D eigenvalue weighted by atomic mass is 10.4. The number of ether oxygens (including phenoxy) is 2. The first-order chi connectivity index (χ1) is 7.58. The van der Waals surface area contributed by atoms with Crippen LogP contribution in [-0.2, 0) is 14.3 Å². The molecule has 0 saturated carbocycles. The minimum atomic E-state index is -0.430. The molecule has 0 unspecified atom stereocenters. The highest BCUT2D eigenvalue weighted by molar-refractivity contribution is 7.17. The Morgan fingerprint density at radius 3 is 2.62 bits per heavy atom. The monoisotopic (exact) mass is 244 g/mol. The van der Waals surface area contributed by atoms with E-state index in [9.17, 15) is 9.59 Å². The number of anilines is 1. The standard InChI is InChI=1S/C9H12N2O4S/c1-5-7(8(13)15-3)16-9(11-5)10-4-6(12)14-2/h4H2,1-3H3,(H,10,11). The van der Waals surface area contributed by atoms with Gasteiger partial charge in [-0.15, -0.1) is 0 Å². The van der Waals surface area contributed by atoms with Gasteiger partial charge in [0, 0.05) is 0 Å². The molecule has 0 spiro atoms. The molecule has 0 bridgehead atoms. The van der Waals surface area contributed by atoms with Crippen LogP contribution in [0.25, 0.3) is 0 Å². The van der Waals surface area contributed by atoms with E-state index >= 15 is 0 Å². The fourth-order valence-electron chi connectivity index (χ4n) is 0.974. The maximum Gasteiger partial charge on any atom is 0.350 e. The predicted octanol–water partition coefficient (Wildman–Crippen LogP) is 0.823. The van der Waals surface area contributed by atoms with Gasteiger partial charge in [-0.05, 0) is 6.92 Å². The van der Waals surface area contributed by atoms with Crippen molar-refractivity contribution in [3.63, 3.8) is 0 Å². The van der Waals surface area contributed by atoms with Gasteiger partial charge in [0.05, 0.1) is 19.9 Å². The van der Waals surface area contributed by atoms with Crippen LogP contribution in [0.4, 0.5) is 5.13 Å². The molecule has 1 N–H and O–H groups in total. The number of rotatable bonds is 4. The Morgan fingerprint density at radius 1 is 1.38 bits per heavy atom. The van der Waals surface area contributed by atoms with Crippen molar-refractivity contribution >= 4 is 28.4 Å². The number of carbonyl (C=O) groups is 2. The minimum Gasteiger partial charge on any atom is -0.468 e. The molecule has 16 heavy (non-hydrogen) atoms. The molecule has 6 nitrogen and oxygen atoms in total. The first-order valence-corrected chi connectivity index (χ1v) is 5.26. The molecule has 0 aromatic carbocycles. The van der Waals surface area contributed by atoms with Crippen LogP contribution in [-0.4, -0.2) is 37.7 Å². The van der Waals surface area contributed by atoms with Gasteiger partial charge in [0.15, 0.2) is 5.13 Å². The van der Waals surface area contributed by atoms with Gasteiger partial charge in [-0.1, -0.05) is 11.3 Å². The van der Waals surface area contributed by atoms with Crippen molar-refractivity contribution in [3.05, 3.63) is 10.6 Å². The Labute approximate surface area is 96.6 Å². The Kier molecular flexibility index (Phi) is 4.24. The summed E-state index contributed by atoms with van der Waals surface area (Å²) in [5.74, 6) is -0.825. The van der Waals surface area contributed by atoms with E-state index in [-0.39, 0.29) is 6.54 Å². The van der Waals surface area contributed by atoms with Gasteiger partial charge in [0.1, 0.15) is 11.4 Å². The van der Waals surface area contributed by atoms with Crippen LogP contribution >= 0.6 is 11.3 Å². The summed E-state index contributed by atoms with van der Waals surface area (Å²) in [5.41, 5.74) is 0.573. The number of hydrogen-bond acceptors (Lipinski definition) is 7. The number of aryl methyl sites for hydroxylation is 1. The second-order valence-electron chi connectivity index (χ2n) is 2.85. The lowest BCUT2D eigenvalue weighted by Crippen LogP contribution is -2.14. The van der Waals surface area contributed by atoms with Gasteiger partial charge in [-0.2, -0.15) is 0 Å². The van der Waals surface area contributed by atoms with E-state index in [2.05, 4.69) is 19.8 Å². The van der Waals surface area contributed by atoms with Gasteiger partial charge >= 0.3 is 11.9 Å². The summed E-state index contributed by atoms with van der Waals surface area (Å²) in [4.78, 5) is 26.6. The second kappa shape index (κ2) is 5.45. The third-order valence-electron chi connectivity index (χ3n) is 1.78. The Morgan fingerprint density at radius 2 is 2.06 bits per heavy atom. The number of hydrogen-bond donors (Lipinski definition) is 1. The van der Waals surface area contributed by atoms with Crippen molar-refractivity contribution in [2.75, 3.05) is 26.1 Å². The SMILES string of the molecule is COC(=O)CNc1nc(C)c(C(=O)OC)s1. The van der Waals surface area contributed by atoms with E-state index in [1.54, 1.807) is 6.92 Å². The van der Waals surface area contributed by atoms with E-state index in [1.807, 2.05) is 0 Å². The van der Waals surface area contributed by atoms with E-state index in [0.29, 0.717) is 15.7 Å². The molecule has 88 valence electrons. The summed E-state index contributed by atoms with van der Waals surface area (Å²) < 4.78 is 9.05. The summed E-state index contributed by atoms with van der Waals surface area (Å²) in [6, 6.07) is 0. The maximum atomic E-state index is 11.3. The average molecular weight is 244 g/mol. The zero-order valence-corrected chi connectivity index (χ0v) is 10.0. The molecule has 0 radical (unpaired) electrons. The smallest absolute Gasteiger partial charge is 0.350 e. The first-order valence-electron chi connectivity index (χ1n) is 4.45. The topological polar surface area (TPSA) is 77.5 Å². The molecular formula is C9H12N2O4S. The van der Waals surface area contributed by atoms with Crippen LogP contribution in [0, 0.1) is 6.92 Å². The summed E-state index contributed by atoms with van der Waals surface area (Å²) in [6.45, 7) is 1.72. The Bertz CT molecular complexity index is 402. The molecule has 1 aromatic rings. The summed E-state index contributed by atoms with van der Waals surface area (Å²) in [7, 11) is 2.61. The number of aromatic nitrogens is 1. The number of nitrogens with zero attached hydrogens (tertiary/aromatic N) is 1. The number of esters is 2. The van der Waals surface area contributed by atoms with Crippen molar-refractivity contribution in [2.45, 2.75) is 6.92 Å². The van der Waals surface area contributed by atoms with Crippen molar-refractivity contribution in [1.82, 2.24) is 4.98 Å². The van der Waals surface area contributed by atoms with Crippen molar-refractivity contribution in [2.24, 2.45) is 0 Å². The van der Waals surface area contributed by atoms with Crippen LogP contribution < -0.4 is 5.32 Å². The molecule has 1 heterocycles. The van der Waals surface area contributed by atoms with Crippen molar-refractivity contribution in [3.8, 4) is 0 Å². The van der Waals surface area contributed by atoms with Crippen molar-refractivity contribution in [1.29, 1.82) is 0 Å². The van der Waals surface area contributed by atoms with Gasteiger partial charge in [0.2, 0.25) is 0 Å². The molecule has 0 amide bonds. The summed E-state index contributed by atoms with van der Waals surface area (Å²) in [5, 5.41) is 3.25. The molecule has 0 saturated heterocycles. The average Bonchev–Trinajstić information content (AvgIpc) is 2.66. The molecule has 1 aromatic heterocycles. The van der Waals surface area contributed by atoms with Gasteiger partial charge in [-0.3, -0.25) is 4.79 Å². The Balaban J connectivity index is 2.69. The van der Waals surface area contributed by atoms with Crippen molar-refractivity contribution < 1.29 is 19.1 Å². The van der Waals surface area contributed by atoms with Gasteiger partial charge < -0.3 is 14.8 Å². The molecule has 0 aliphatic heterocycles. The molecule has 0 aliphatic rings. The quantitative estimate of drug-likeness (QED) is 0.790. The molecule has 1 rings (SSSR count). The fraction of sp³-hybridized carbons (Fsp3) is 0.444. The molecule has 0 fully saturated rings. The van der Waals surface area contributed by atoms with E-state index < -0.39 is 11.9 Å². The second-order valence-corrected chi connectivity index (χ2v) is 3.85. The van der Waals surface area contributed by atoms with Gasteiger partial charge in [0.25, 0.3) is 0 Å².